The van der Waals surface area contributed by atoms with Gasteiger partial charge in [0.25, 0.3) is 0 Å². The molecule has 0 aromatic heterocycles. The second kappa shape index (κ2) is 7.78. The summed E-state index contributed by atoms with van der Waals surface area (Å²) in [6.45, 7) is 1.78. The van der Waals surface area contributed by atoms with Gasteiger partial charge in [0.2, 0.25) is 0 Å². The first kappa shape index (κ1) is 18.3. The Kier molecular flexibility index (Phi) is 5.26. The van der Waals surface area contributed by atoms with E-state index in [1.807, 2.05) is 0 Å². The van der Waals surface area contributed by atoms with Crippen LogP contribution in [0, 0.1) is 18.6 Å². The molecule has 136 valence electrons. The van der Waals surface area contributed by atoms with Crippen LogP contribution in [-0.4, -0.2) is 11.9 Å². The van der Waals surface area contributed by atoms with Crippen LogP contribution < -0.4 is 9.47 Å². The molecule has 0 saturated heterocycles. The lowest BCUT2D eigenvalue weighted by Crippen LogP contribution is -2.13. The first-order valence-electron chi connectivity index (χ1n) is 8.00. The SMILES string of the molecule is Cc1ccccc1C(=O)Oc1cccc(OC(=O)c2c(F)cccc2F)c1. The minimum Gasteiger partial charge on any atom is -0.423 e. The highest BCUT2D eigenvalue weighted by atomic mass is 19.1. The maximum Gasteiger partial charge on any atom is 0.349 e. The highest BCUT2D eigenvalue weighted by molar-refractivity contribution is 5.93. The first-order valence-corrected chi connectivity index (χ1v) is 8.00. The molecule has 0 aliphatic rings. The Morgan fingerprint density at radius 2 is 1.30 bits per heavy atom. The lowest BCUT2D eigenvalue weighted by molar-refractivity contribution is 0.0724. The molecule has 0 fully saturated rings. The molecule has 3 rings (SSSR count). The van der Waals surface area contributed by atoms with E-state index in [0.717, 1.165) is 23.8 Å². The van der Waals surface area contributed by atoms with Crippen LogP contribution in [-0.2, 0) is 0 Å². The van der Waals surface area contributed by atoms with Crippen LogP contribution in [0.15, 0.2) is 66.7 Å². The monoisotopic (exact) mass is 368 g/mol. The van der Waals surface area contributed by atoms with Crippen LogP contribution in [0.1, 0.15) is 26.3 Å². The third kappa shape index (κ3) is 4.17. The van der Waals surface area contributed by atoms with Crippen molar-refractivity contribution >= 4 is 11.9 Å². The lowest BCUT2D eigenvalue weighted by Gasteiger charge is -2.09. The molecule has 0 bridgehead atoms. The van der Waals surface area contributed by atoms with E-state index >= 15 is 0 Å². The fraction of sp³-hybridized carbons (Fsp3) is 0.0476. The average molecular weight is 368 g/mol. The van der Waals surface area contributed by atoms with E-state index < -0.39 is 29.1 Å². The molecule has 27 heavy (non-hydrogen) atoms. The van der Waals surface area contributed by atoms with Gasteiger partial charge in [-0.2, -0.15) is 0 Å². The molecule has 6 heteroatoms. The second-order valence-corrected chi connectivity index (χ2v) is 5.67. The molecule has 0 amide bonds. The molecule has 0 unspecified atom stereocenters. The van der Waals surface area contributed by atoms with Crippen LogP contribution in [0.3, 0.4) is 0 Å². The van der Waals surface area contributed by atoms with Crippen molar-refractivity contribution in [3.63, 3.8) is 0 Å². The Bertz CT molecular complexity index is 994. The van der Waals surface area contributed by atoms with Crippen molar-refractivity contribution in [2.75, 3.05) is 0 Å². The summed E-state index contributed by atoms with van der Waals surface area (Å²) in [5, 5.41) is 0. The van der Waals surface area contributed by atoms with E-state index in [9.17, 15) is 18.4 Å². The van der Waals surface area contributed by atoms with E-state index in [1.165, 1.54) is 24.3 Å². The third-order valence-electron chi connectivity index (χ3n) is 3.76. The van der Waals surface area contributed by atoms with Crippen LogP contribution in [0.5, 0.6) is 11.5 Å². The summed E-state index contributed by atoms with van der Waals surface area (Å²) in [6.07, 6.45) is 0. The van der Waals surface area contributed by atoms with Crippen molar-refractivity contribution in [3.8, 4) is 11.5 Å². The molecule has 0 saturated carbocycles. The molecule has 3 aromatic rings. The van der Waals surface area contributed by atoms with Crippen LogP contribution in [0.25, 0.3) is 0 Å². The second-order valence-electron chi connectivity index (χ2n) is 5.67. The number of ether oxygens (including phenoxy) is 2. The Morgan fingerprint density at radius 3 is 1.93 bits per heavy atom. The topological polar surface area (TPSA) is 52.6 Å². The van der Waals surface area contributed by atoms with Crippen molar-refractivity contribution in [2.24, 2.45) is 0 Å². The number of carbonyl (C=O) groups is 2. The van der Waals surface area contributed by atoms with Gasteiger partial charge in [0.15, 0.2) is 0 Å². The van der Waals surface area contributed by atoms with Gasteiger partial charge in [0.05, 0.1) is 5.56 Å². The van der Waals surface area contributed by atoms with Gasteiger partial charge >= 0.3 is 11.9 Å². The minimum absolute atomic E-state index is 0.0160. The van der Waals surface area contributed by atoms with Crippen LogP contribution in [0.2, 0.25) is 0 Å². The van der Waals surface area contributed by atoms with Gasteiger partial charge in [0.1, 0.15) is 28.7 Å². The fourth-order valence-electron chi connectivity index (χ4n) is 2.42. The summed E-state index contributed by atoms with van der Waals surface area (Å²) in [4.78, 5) is 24.3. The van der Waals surface area contributed by atoms with Gasteiger partial charge in [-0.1, -0.05) is 30.3 Å². The maximum absolute atomic E-state index is 13.7. The number of carbonyl (C=O) groups excluding carboxylic acids is 2. The van der Waals surface area contributed by atoms with E-state index in [-0.39, 0.29) is 11.5 Å². The van der Waals surface area contributed by atoms with Crippen molar-refractivity contribution in [3.05, 3.63) is 95.1 Å². The Labute approximate surface area is 154 Å². The van der Waals surface area contributed by atoms with E-state index in [1.54, 1.807) is 31.2 Å². The number of esters is 2. The number of halogens is 2. The highest BCUT2D eigenvalue weighted by Gasteiger charge is 2.19. The smallest absolute Gasteiger partial charge is 0.349 e. The van der Waals surface area contributed by atoms with Crippen molar-refractivity contribution in [1.82, 2.24) is 0 Å². The summed E-state index contributed by atoms with van der Waals surface area (Å²) >= 11 is 0. The van der Waals surface area contributed by atoms with E-state index in [4.69, 9.17) is 9.47 Å². The molecule has 4 nitrogen and oxygen atoms in total. The summed E-state index contributed by atoms with van der Waals surface area (Å²) in [6, 6.07) is 15.7. The Hall–Kier alpha value is -3.54. The standard InChI is InChI=1S/C21H14F2O4/c1-13-6-2-3-9-16(13)20(24)26-14-7-4-8-15(12-14)27-21(25)19-17(22)10-5-11-18(19)23/h2-12H,1H3. The molecular formula is C21H14F2O4. The Morgan fingerprint density at radius 1 is 0.741 bits per heavy atom. The van der Waals surface area contributed by atoms with Crippen molar-refractivity contribution in [1.29, 1.82) is 0 Å². The average Bonchev–Trinajstić information content (AvgIpc) is 2.62. The predicted molar refractivity (Wildman–Crippen MR) is 93.9 cm³/mol. The molecule has 0 aliphatic carbocycles. The Balaban J connectivity index is 1.77. The number of hydrogen-bond donors (Lipinski definition) is 0. The molecule has 3 aromatic carbocycles. The summed E-state index contributed by atoms with van der Waals surface area (Å²) in [7, 11) is 0. The van der Waals surface area contributed by atoms with Gasteiger partial charge in [-0.05, 0) is 42.8 Å². The quantitative estimate of drug-likeness (QED) is 0.494. The lowest BCUT2D eigenvalue weighted by atomic mass is 10.1. The number of aryl methyl sites for hydroxylation is 1. The minimum atomic E-state index is -1.19. The van der Waals surface area contributed by atoms with E-state index in [2.05, 4.69) is 0 Å². The summed E-state index contributed by atoms with van der Waals surface area (Å²) in [5.41, 5.74) is 0.355. The maximum atomic E-state index is 13.7. The summed E-state index contributed by atoms with van der Waals surface area (Å²) < 4.78 is 37.6. The fourth-order valence-corrected chi connectivity index (χ4v) is 2.42. The summed E-state index contributed by atoms with van der Waals surface area (Å²) in [5.74, 6) is -3.70. The zero-order valence-corrected chi connectivity index (χ0v) is 14.2. The first-order chi connectivity index (χ1) is 13.0. The predicted octanol–water partition coefficient (Wildman–Crippen LogP) is 4.71. The molecular weight excluding hydrogens is 354 g/mol. The van der Waals surface area contributed by atoms with Gasteiger partial charge in [-0.15, -0.1) is 0 Å². The largest absolute Gasteiger partial charge is 0.423 e. The highest BCUT2D eigenvalue weighted by Crippen LogP contribution is 2.23. The van der Waals surface area contributed by atoms with Gasteiger partial charge in [0, 0.05) is 6.07 Å². The molecule has 0 N–H and O–H groups in total. The molecule has 0 atom stereocenters. The van der Waals surface area contributed by atoms with Gasteiger partial charge in [-0.3, -0.25) is 0 Å². The normalized spacial score (nSPS) is 10.3. The van der Waals surface area contributed by atoms with Crippen molar-refractivity contribution < 1.29 is 27.8 Å². The molecule has 0 spiro atoms. The number of rotatable bonds is 4. The molecule has 0 aliphatic heterocycles. The number of benzene rings is 3. The zero-order valence-electron chi connectivity index (χ0n) is 14.2. The molecule has 0 radical (unpaired) electrons. The molecule has 0 heterocycles. The van der Waals surface area contributed by atoms with Crippen LogP contribution in [0.4, 0.5) is 8.78 Å². The number of hydrogen-bond acceptors (Lipinski definition) is 4. The van der Waals surface area contributed by atoms with Crippen molar-refractivity contribution in [2.45, 2.75) is 6.92 Å². The van der Waals surface area contributed by atoms with E-state index in [0.29, 0.717) is 5.56 Å². The van der Waals surface area contributed by atoms with Crippen LogP contribution >= 0.6 is 0 Å². The zero-order chi connectivity index (χ0) is 19.4. The third-order valence-corrected chi connectivity index (χ3v) is 3.76. The van der Waals surface area contributed by atoms with Gasteiger partial charge in [-0.25, -0.2) is 18.4 Å². The van der Waals surface area contributed by atoms with Gasteiger partial charge < -0.3 is 9.47 Å².